The molecule has 2 aliphatic carbocycles. The van der Waals surface area contributed by atoms with E-state index in [9.17, 15) is 23.6 Å². The zero-order valence-electron chi connectivity index (χ0n) is 23.9. The van der Waals surface area contributed by atoms with Gasteiger partial charge in [-0.3, -0.25) is 24.0 Å². The van der Waals surface area contributed by atoms with Crippen LogP contribution >= 0.6 is 0 Å². The van der Waals surface area contributed by atoms with E-state index >= 15 is 0 Å². The first-order valence-electron chi connectivity index (χ1n) is 14.8. The van der Waals surface area contributed by atoms with Crippen LogP contribution in [0, 0.1) is 11.7 Å². The number of halogens is 1. The molecule has 5 amide bonds. The lowest BCUT2D eigenvalue weighted by Gasteiger charge is -2.31. The molecule has 1 spiro atoms. The Morgan fingerprint density at radius 2 is 1.86 bits per heavy atom. The van der Waals surface area contributed by atoms with E-state index in [2.05, 4.69) is 15.7 Å². The van der Waals surface area contributed by atoms with E-state index in [0.29, 0.717) is 31.7 Å². The summed E-state index contributed by atoms with van der Waals surface area (Å²) in [5.41, 5.74) is 4.05. The van der Waals surface area contributed by atoms with Gasteiger partial charge in [-0.2, -0.15) is 5.10 Å². The number of hydrogen-bond donors (Lipinski definition) is 2. The maximum Gasteiger partial charge on any atom is 0.325 e. The van der Waals surface area contributed by atoms with E-state index < -0.39 is 17.5 Å². The number of aryl methyl sites for hydroxylation is 2. The minimum Gasteiger partial charge on any atom is -0.358 e. The molecule has 2 fully saturated rings. The first kappa shape index (κ1) is 27.3. The topological polar surface area (TPSA) is 117 Å². The highest BCUT2D eigenvalue weighted by Crippen LogP contribution is 2.43. The molecule has 11 heteroatoms. The van der Waals surface area contributed by atoms with Crippen molar-refractivity contribution in [3.8, 4) is 11.1 Å². The van der Waals surface area contributed by atoms with Crippen molar-refractivity contribution in [3.63, 3.8) is 0 Å². The summed E-state index contributed by atoms with van der Waals surface area (Å²) >= 11 is 0. The number of aromatic nitrogens is 2. The Balaban J connectivity index is 1.10. The van der Waals surface area contributed by atoms with Gasteiger partial charge >= 0.3 is 6.03 Å². The number of nitrogens with zero attached hydrogens (tertiary/aromatic N) is 4. The molecule has 222 valence electrons. The average molecular weight is 585 g/mol. The standard InChI is InChI=1S/C32H33FN6O4/c1-34-28(40)17-37-15-24(14-35-37)20-5-8-26-22(12-20)10-11-32(26)30(42)39(31(43)36-32)18-29(41)38-16-23-4-7-25(33)13-21(23)6-9-27(38)19-2-3-19/h4-5,7-8,12-15,19,27H,2-3,6,9-11,16-18H2,1H3,(H,34,40)(H,36,43)/t27-,32-/m1/s1. The van der Waals surface area contributed by atoms with Gasteiger partial charge in [-0.1, -0.05) is 24.3 Å². The Labute approximate surface area is 248 Å². The third kappa shape index (κ3) is 4.76. The first-order chi connectivity index (χ1) is 20.8. The van der Waals surface area contributed by atoms with Crippen LogP contribution in [0.3, 0.4) is 0 Å². The van der Waals surface area contributed by atoms with Crippen LogP contribution in [0.2, 0.25) is 0 Å². The minimum atomic E-state index is -1.20. The molecule has 0 unspecified atom stereocenters. The SMILES string of the molecule is CNC(=O)Cn1cc(-c2ccc3c(c2)CC[C@@]32NC(=O)N(CC(=O)N3Cc4ccc(F)cc4CC[C@@H]3C3CC3)C2=O)cn1. The van der Waals surface area contributed by atoms with Gasteiger partial charge in [0.15, 0.2) is 0 Å². The zero-order chi connectivity index (χ0) is 29.9. The van der Waals surface area contributed by atoms with Crippen molar-refractivity contribution >= 4 is 23.8 Å². The molecule has 4 aliphatic rings. The molecule has 10 nitrogen and oxygen atoms in total. The third-order valence-electron chi connectivity index (χ3n) is 9.46. The van der Waals surface area contributed by atoms with Crippen LogP contribution in [-0.2, 0) is 45.9 Å². The fraction of sp³-hybridized carbons (Fsp3) is 0.406. The molecule has 2 atom stereocenters. The minimum absolute atomic E-state index is 0.00373. The number of urea groups is 1. The van der Waals surface area contributed by atoms with E-state index in [1.54, 1.807) is 36.3 Å². The predicted octanol–water partition coefficient (Wildman–Crippen LogP) is 2.88. The van der Waals surface area contributed by atoms with E-state index in [1.165, 1.54) is 6.07 Å². The van der Waals surface area contributed by atoms with Crippen LogP contribution in [0.5, 0.6) is 0 Å². The van der Waals surface area contributed by atoms with Gasteiger partial charge in [-0.25, -0.2) is 9.18 Å². The number of fused-ring (bicyclic) bond motifs is 3. The summed E-state index contributed by atoms with van der Waals surface area (Å²) in [5.74, 6) is -0.716. The second-order valence-electron chi connectivity index (χ2n) is 12.1. The van der Waals surface area contributed by atoms with Crippen LogP contribution in [0.4, 0.5) is 9.18 Å². The van der Waals surface area contributed by atoms with E-state index in [1.807, 2.05) is 23.1 Å². The highest BCUT2D eigenvalue weighted by molar-refractivity contribution is 6.10. The molecule has 2 aliphatic heterocycles. The lowest BCUT2D eigenvalue weighted by molar-refractivity contribution is -0.141. The molecule has 3 heterocycles. The Morgan fingerprint density at radius 1 is 1.02 bits per heavy atom. The zero-order valence-corrected chi connectivity index (χ0v) is 23.9. The van der Waals surface area contributed by atoms with Gasteiger partial charge in [0.05, 0.1) is 6.20 Å². The number of carbonyl (C=O) groups is 4. The molecule has 2 N–H and O–H groups in total. The largest absolute Gasteiger partial charge is 0.358 e. The third-order valence-corrected chi connectivity index (χ3v) is 9.46. The predicted molar refractivity (Wildman–Crippen MR) is 154 cm³/mol. The fourth-order valence-corrected chi connectivity index (χ4v) is 7.01. The molecular formula is C32H33FN6O4. The fourth-order valence-electron chi connectivity index (χ4n) is 7.01. The molecular weight excluding hydrogens is 551 g/mol. The van der Waals surface area contributed by atoms with Crippen LogP contribution < -0.4 is 10.6 Å². The van der Waals surface area contributed by atoms with Crippen LogP contribution in [0.1, 0.15) is 47.9 Å². The van der Waals surface area contributed by atoms with Crippen molar-refractivity contribution in [1.82, 2.24) is 30.2 Å². The number of nitrogens with one attached hydrogen (secondary N) is 2. The number of likely N-dealkylation sites (N-methyl/N-ethyl adjacent to an activating group) is 1. The number of carbonyl (C=O) groups excluding carboxylic acids is 4. The number of amides is 5. The smallest absolute Gasteiger partial charge is 0.325 e. The average Bonchev–Trinajstić information content (AvgIpc) is 3.61. The van der Waals surface area contributed by atoms with Gasteiger partial charge in [0, 0.05) is 31.4 Å². The Bertz CT molecular complexity index is 1660. The first-order valence-corrected chi connectivity index (χ1v) is 14.8. The van der Waals surface area contributed by atoms with Crippen LogP contribution in [0.25, 0.3) is 11.1 Å². The number of benzene rings is 2. The normalized spacial score (nSPS) is 22.8. The summed E-state index contributed by atoms with van der Waals surface area (Å²) in [6.45, 7) is 0.128. The molecule has 0 bridgehead atoms. The molecule has 0 radical (unpaired) electrons. The van der Waals surface area contributed by atoms with Crippen LogP contribution in [-0.4, -0.2) is 63.0 Å². The van der Waals surface area contributed by atoms with Crippen LogP contribution in [0.15, 0.2) is 48.8 Å². The van der Waals surface area contributed by atoms with E-state index in [0.717, 1.165) is 57.5 Å². The summed E-state index contributed by atoms with van der Waals surface area (Å²) in [7, 11) is 1.57. The van der Waals surface area contributed by atoms with Gasteiger partial charge in [0.25, 0.3) is 5.91 Å². The van der Waals surface area contributed by atoms with Gasteiger partial charge in [-0.15, -0.1) is 0 Å². The second kappa shape index (κ2) is 10.3. The summed E-state index contributed by atoms with van der Waals surface area (Å²) in [5, 5.41) is 9.78. The van der Waals surface area contributed by atoms with Gasteiger partial charge in [0.2, 0.25) is 11.8 Å². The summed E-state index contributed by atoms with van der Waals surface area (Å²) in [4.78, 5) is 55.6. The lowest BCUT2D eigenvalue weighted by atomic mass is 9.90. The van der Waals surface area contributed by atoms with E-state index in [-0.39, 0.29) is 36.8 Å². The molecule has 3 aromatic rings. The second-order valence-corrected chi connectivity index (χ2v) is 12.1. The highest BCUT2D eigenvalue weighted by atomic mass is 19.1. The number of rotatable bonds is 6. The molecule has 1 aromatic heterocycles. The Kier molecular flexibility index (Phi) is 6.55. The van der Waals surface area contributed by atoms with Gasteiger partial charge in [-0.05, 0) is 84.4 Å². The van der Waals surface area contributed by atoms with Crippen molar-refractivity contribution in [3.05, 3.63) is 76.9 Å². The maximum atomic E-state index is 13.9. The molecule has 1 saturated carbocycles. The number of imide groups is 1. The highest BCUT2D eigenvalue weighted by Gasteiger charge is 2.56. The van der Waals surface area contributed by atoms with Crippen molar-refractivity contribution in [2.75, 3.05) is 13.6 Å². The molecule has 43 heavy (non-hydrogen) atoms. The molecule has 7 rings (SSSR count). The van der Waals surface area contributed by atoms with Gasteiger partial charge in [0.1, 0.15) is 24.4 Å². The van der Waals surface area contributed by atoms with E-state index in [4.69, 9.17) is 0 Å². The lowest BCUT2D eigenvalue weighted by Crippen LogP contribution is -2.48. The summed E-state index contributed by atoms with van der Waals surface area (Å²) in [6.07, 6.45) is 7.99. The molecule has 1 saturated heterocycles. The van der Waals surface area contributed by atoms with Crippen molar-refractivity contribution < 1.29 is 23.6 Å². The monoisotopic (exact) mass is 584 g/mol. The van der Waals surface area contributed by atoms with Crippen molar-refractivity contribution in [1.29, 1.82) is 0 Å². The van der Waals surface area contributed by atoms with Gasteiger partial charge < -0.3 is 15.5 Å². The Hall–Kier alpha value is -4.54. The quantitative estimate of drug-likeness (QED) is 0.433. The summed E-state index contributed by atoms with van der Waals surface area (Å²) < 4.78 is 15.5. The van der Waals surface area contributed by atoms with Crippen molar-refractivity contribution in [2.24, 2.45) is 5.92 Å². The van der Waals surface area contributed by atoms with Crippen molar-refractivity contribution in [2.45, 2.75) is 63.2 Å². The summed E-state index contributed by atoms with van der Waals surface area (Å²) in [6, 6.07) is 9.89. The number of hydrogen-bond acceptors (Lipinski definition) is 5. The molecule has 2 aromatic carbocycles. The Morgan fingerprint density at radius 3 is 2.65 bits per heavy atom. The maximum absolute atomic E-state index is 13.9.